The molecule has 1 fully saturated rings. The van der Waals surface area contributed by atoms with Gasteiger partial charge in [0.25, 0.3) is 0 Å². The molecular weight excluding hydrogens is 342 g/mol. The number of carbonyl (C=O) groups is 2. The lowest BCUT2D eigenvalue weighted by Crippen LogP contribution is -2.57. The lowest BCUT2D eigenvalue weighted by molar-refractivity contribution is -0.147. The average molecular weight is 378 g/mol. The number of methoxy groups -OCH3 is 1. The maximum Gasteiger partial charge on any atom is 0.325 e. The monoisotopic (exact) mass is 377 g/mol. The van der Waals surface area contributed by atoms with Crippen LogP contribution >= 0.6 is 0 Å². The summed E-state index contributed by atoms with van der Waals surface area (Å²) < 4.78 is 4.78. The minimum atomic E-state index is -0.392. The Labute approximate surface area is 163 Å². The van der Waals surface area contributed by atoms with Crippen molar-refractivity contribution >= 4 is 17.7 Å². The first-order valence-electron chi connectivity index (χ1n) is 9.70. The molecule has 2 aliphatic rings. The van der Waals surface area contributed by atoms with Gasteiger partial charge >= 0.3 is 5.97 Å². The first kappa shape index (κ1) is 21.5. The molecule has 6 nitrogen and oxygen atoms in total. The third kappa shape index (κ3) is 4.36. The van der Waals surface area contributed by atoms with Crippen LogP contribution in [-0.2, 0) is 14.3 Å². The number of amidine groups is 1. The number of aliphatic imine (C=N–C) groups is 1. The van der Waals surface area contributed by atoms with Crippen molar-refractivity contribution in [1.82, 2.24) is 9.80 Å². The molecule has 0 spiro atoms. The molecule has 1 saturated heterocycles. The third-order valence-corrected chi connectivity index (χ3v) is 5.11. The van der Waals surface area contributed by atoms with E-state index in [1.807, 2.05) is 0 Å². The van der Waals surface area contributed by atoms with Crippen LogP contribution in [0, 0.1) is 16.7 Å². The van der Waals surface area contributed by atoms with E-state index in [-0.39, 0.29) is 35.9 Å². The van der Waals surface area contributed by atoms with Gasteiger partial charge in [0.2, 0.25) is 5.91 Å². The Morgan fingerprint density at radius 1 is 1.19 bits per heavy atom. The number of nitrogens with zero attached hydrogens (tertiary/aromatic N) is 3. The second kappa shape index (κ2) is 7.28. The predicted octanol–water partition coefficient (Wildman–Crippen LogP) is 3.09. The summed E-state index contributed by atoms with van der Waals surface area (Å²) in [5, 5.41) is 0. The summed E-state index contributed by atoms with van der Waals surface area (Å²) in [5.74, 6) is 0.785. The summed E-state index contributed by atoms with van der Waals surface area (Å²) in [6, 6.07) is 0.0474. The molecule has 152 valence electrons. The molecule has 1 atom stereocenters. The number of amides is 1. The molecule has 1 amide bonds. The van der Waals surface area contributed by atoms with Crippen molar-refractivity contribution in [3.8, 4) is 0 Å². The van der Waals surface area contributed by atoms with E-state index < -0.39 is 5.97 Å². The van der Waals surface area contributed by atoms with Gasteiger partial charge in [0, 0.05) is 11.1 Å². The Morgan fingerprint density at radius 2 is 1.78 bits per heavy atom. The van der Waals surface area contributed by atoms with E-state index in [2.05, 4.69) is 60.3 Å². The van der Waals surface area contributed by atoms with Gasteiger partial charge in [-0.05, 0) is 16.9 Å². The molecule has 0 aromatic carbocycles. The van der Waals surface area contributed by atoms with Crippen molar-refractivity contribution in [2.45, 2.75) is 61.4 Å². The van der Waals surface area contributed by atoms with E-state index in [1.165, 1.54) is 12.7 Å². The highest BCUT2D eigenvalue weighted by Gasteiger charge is 2.44. The number of esters is 1. The topological polar surface area (TPSA) is 62.2 Å². The zero-order chi connectivity index (χ0) is 20.7. The number of ether oxygens (including phenoxy) is 1. The van der Waals surface area contributed by atoms with Gasteiger partial charge in [-0.1, -0.05) is 55.4 Å². The molecule has 27 heavy (non-hydrogen) atoms. The van der Waals surface area contributed by atoms with E-state index in [0.717, 1.165) is 11.5 Å². The summed E-state index contributed by atoms with van der Waals surface area (Å²) in [7, 11) is 1.35. The number of rotatable bonds is 3. The van der Waals surface area contributed by atoms with Gasteiger partial charge in [-0.25, -0.2) is 0 Å². The second-order valence-electron chi connectivity index (χ2n) is 9.94. The Kier molecular flexibility index (Phi) is 5.79. The lowest BCUT2D eigenvalue weighted by Gasteiger charge is -2.48. The van der Waals surface area contributed by atoms with E-state index in [1.54, 1.807) is 4.90 Å². The van der Waals surface area contributed by atoms with Gasteiger partial charge < -0.3 is 14.5 Å². The molecule has 2 rings (SSSR count). The van der Waals surface area contributed by atoms with Gasteiger partial charge in [0.1, 0.15) is 18.9 Å². The Bertz CT molecular complexity index is 678. The molecule has 0 bridgehead atoms. The van der Waals surface area contributed by atoms with Gasteiger partial charge in [-0.15, -0.1) is 0 Å². The van der Waals surface area contributed by atoms with Gasteiger partial charge in [-0.2, -0.15) is 0 Å². The van der Waals surface area contributed by atoms with Crippen LogP contribution in [0.15, 0.2) is 16.3 Å². The van der Waals surface area contributed by atoms with Crippen LogP contribution in [0.2, 0.25) is 0 Å². The molecule has 0 N–H and O–H groups in total. The van der Waals surface area contributed by atoms with Crippen molar-refractivity contribution in [3.05, 3.63) is 11.3 Å². The smallest absolute Gasteiger partial charge is 0.325 e. The van der Waals surface area contributed by atoms with Crippen LogP contribution in [0.1, 0.15) is 55.4 Å². The van der Waals surface area contributed by atoms with Crippen molar-refractivity contribution < 1.29 is 14.3 Å². The summed E-state index contributed by atoms with van der Waals surface area (Å²) >= 11 is 0. The number of fused-ring (bicyclic) bond motifs is 1. The predicted molar refractivity (Wildman–Crippen MR) is 107 cm³/mol. The third-order valence-electron chi connectivity index (χ3n) is 5.11. The first-order valence-corrected chi connectivity index (χ1v) is 9.70. The van der Waals surface area contributed by atoms with Gasteiger partial charge in [0.05, 0.1) is 19.7 Å². The van der Waals surface area contributed by atoms with E-state index in [4.69, 9.17) is 9.73 Å². The Balaban J connectivity index is 2.58. The molecule has 0 aliphatic carbocycles. The molecular formula is C21H35N3O3. The highest BCUT2D eigenvalue weighted by molar-refractivity contribution is 5.95. The molecule has 1 unspecified atom stereocenters. The van der Waals surface area contributed by atoms with Crippen molar-refractivity contribution in [1.29, 1.82) is 0 Å². The lowest BCUT2D eigenvalue weighted by atomic mass is 9.75. The standard InChI is InChI=1S/C21H35N3O3/c1-13(2)17-14-10-23(12-16(26)27-9)15(25)11-24(14)19(21(6,7)8)22-18(17)20(3,4)5/h13,18H,10-12H2,1-9H3. The van der Waals surface area contributed by atoms with Gasteiger partial charge in [0.15, 0.2) is 0 Å². The zero-order valence-corrected chi connectivity index (χ0v) is 18.3. The highest BCUT2D eigenvalue weighted by atomic mass is 16.5. The van der Waals surface area contributed by atoms with E-state index in [9.17, 15) is 9.59 Å². The van der Waals surface area contributed by atoms with E-state index >= 15 is 0 Å². The van der Waals surface area contributed by atoms with Crippen LogP contribution in [0.5, 0.6) is 0 Å². The zero-order valence-electron chi connectivity index (χ0n) is 18.3. The number of hydrogen-bond acceptors (Lipinski definition) is 5. The molecule has 0 radical (unpaired) electrons. The largest absolute Gasteiger partial charge is 0.468 e. The maximum absolute atomic E-state index is 12.7. The van der Waals surface area contributed by atoms with Gasteiger partial charge in [-0.3, -0.25) is 14.6 Å². The fourth-order valence-electron chi connectivity index (χ4n) is 3.83. The normalized spacial score (nSPS) is 21.5. The number of piperazine rings is 1. The fourth-order valence-corrected chi connectivity index (χ4v) is 3.83. The quantitative estimate of drug-likeness (QED) is 0.709. The fraction of sp³-hybridized carbons (Fsp3) is 0.762. The van der Waals surface area contributed by atoms with E-state index in [0.29, 0.717) is 12.5 Å². The Hall–Kier alpha value is -1.85. The van der Waals surface area contributed by atoms with Crippen molar-refractivity contribution in [3.63, 3.8) is 0 Å². The minimum absolute atomic E-state index is 0.0137. The van der Waals surface area contributed by atoms with Crippen molar-refractivity contribution in [2.75, 3.05) is 26.7 Å². The minimum Gasteiger partial charge on any atom is -0.468 e. The second-order valence-corrected chi connectivity index (χ2v) is 9.94. The molecule has 0 aromatic rings. The molecule has 2 heterocycles. The summed E-state index contributed by atoms with van der Waals surface area (Å²) in [6.45, 7) is 18.0. The molecule has 6 heteroatoms. The van der Waals surface area contributed by atoms with Crippen LogP contribution in [0.25, 0.3) is 0 Å². The van der Waals surface area contributed by atoms with Crippen LogP contribution in [0.4, 0.5) is 0 Å². The van der Waals surface area contributed by atoms with Crippen molar-refractivity contribution in [2.24, 2.45) is 21.7 Å². The summed E-state index contributed by atoms with van der Waals surface area (Å²) in [5.41, 5.74) is 2.16. The highest BCUT2D eigenvalue weighted by Crippen LogP contribution is 2.41. The number of hydrogen-bond donors (Lipinski definition) is 0. The number of carbonyl (C=O) groups excluding carboxylic acids is 2. The summed E-state index contributed by atoms with van der Waals surface area (Å²) in [4.78, 5) is 33.4. The Morgan fingerprint density at radius 3 is 2.22 bits per heavy atom. The molecule has 0 aromatic heterocycles. The average Bonchev–Trinajstić information content (AvgIpc) is 2.51. The summed E-state index contributed by atoms with van der Waals surface area (Å²) in [6.07, 6.45) is 0. The maximum atomic E-state index is 12.7. The molecule has 2 aliphatic heterocycles. The SMILES string of the molecule is COC(=O)CN1CC2=C(C(C)C)C(C(C)(C)C)N=C(C(C)(C)C)N2CC1=O. The molecule has 0 saturated carbocycles. The van der Waals surface area contributed by atoms with Crippen LogP contribution in [0.3, 0.4) is 0 Å². The first-order chi connectivity index (χ1) is 12.3. The van der Waals surface area contributed by atoms with Crippen LogP contribution < -0.4 is 0 Å². The van der Waals surface area contributed by atoms with Crippen LogP contribution in [-0.4, -0.2) is 60.3 Å².